The van der Waals surface area contributed by atoms with Crippen molar-refractivity contribution in [1.29, 1.82) is 5.26 Å². The molecular weight excluding hydrogens is 350 g/mol. The second-order valence-corrected chi connectivity index (χ2v) is 9.07. The number of ether oxygens (including phenoxy) is 1. The highest BCUT2D eigenvalue weighted by atomic mass is 16.6. The summed E-state index contributed by atoms with van der Waals surface area (Å²) in [5, 5.41) is 9.87. The van der Waals surface area contributed by atoms with E-state index in [9.17, 15) is 10.1 Å². The van der Waals surface area contributed by atoms with E-state index in [0.29, 0.717) is 32.1 Å². The van der Waals surface area contributed by atoms with Crippen LogP contribution in [0.3, 0.4) is 0 Å². The number of benzene rings is 1. The van der Waals surface area contributed by atoms with Crippen molar-refractivity contribution in [1.82, 2.24) is 4.90 Å². The maximum atomic E-state index is 12.3. The van der Waals surface area contributed by atoms with Gasteiger partial charge in [0.05, 0.1) is 11.3 Å². The van der Waals surface area contributed by atoms with Crippen molar-refractivity contribution in [3.8, 4) is 6.07 Å². The summed E-state index contributed by atoms with van der Waals surface area (Å²) < 4.78 is 5.49. The number of nitrogens with zero attached hydrogens (tertiary/aromatic N) is 3. The molecule has 0 atom stereocenters. The number of hydrogen-bond acceptors (Lipinski definition) is 4. The molecule has 1 saturated heterocycles. The zero-order valence-electron chi connectivity index (χ0n) is 17.7. The molecule has 0 radical (unpaired) electrons. The second-order valence-electron chi connectivity index (χ2n) is 9.07. The van der Waals surface area contributed by atoms with E-state index in [2.05, 4.69) is 43.0 Å². The van der Waals surface area contributed by atoms with Gasteiger partial charge < -0.3 is 14.5 Å². The second kappa shape index (κ2) is 7.87. The van der Waals surface area contributed by atoms with Gasteiger partial charge >= 0.3 is 6.09 Å². The van der Waals surface area contributed by atoms with Crippen LogP contribution in [0, 0.1) is 11.3 Å². The highest BCUT2D eigenvalue weighted by Gasteiger charge is 2.31. The van der Waals surface area contributed by atoms with E-state index in [1.807, 2.05) is 20.8 Å². The van der Waals surface area contributed by atoms with Gasteiger partial charge in [0.1, 0.15) is 11.7 Å². The number of carbonyl (C=O) groups excluding carboxylic acids is 1. The molecule has 3 rings (SSSR count). The van der Waals surface area contributed by atoms with Crippen LogP contribution in [0.2, 0.25) is 0 Å². The number of amides is 1. The molecule has 0 bridgehead atoms. The van der Waals surface area contributed by atoms with Crippen LogP contribution >= 0.6 is 0 Å². The van der Waals surface area contributed by atoms with E-state index in [-0.39, 0.29) is 6.09 Å². The number of carbonyl (C=O) groups is 1. The first-order valence-electron chi connectivity index (χ1n) is 10.1. The van der Waals surface area contributed by atoms with Gasteiger partial charge in [-0.25, -0.2) is 4.79 Å². The smallest absolute Gasteiger partial charge is 0.410 e. The van der Waals surface area contributed by atoms with Gasteiger partial charge in [-0.3, -0.25) is 0 Å². The first-order chi connectivity index (χ1) is 13.2. The van der Waals surface area contributed by atoms with Gasteiger partial charge in [0.25, 0.3) is 0 Å². The van der Waals surface area contributed by atoms with E-state index in [0.717, 1.165) is 16.8 Å². The number of allylic oxidation sites excluding steroid dienone is 1. The number of rotatable bonds is 3. The predicted octanol–water partition coefficient (Wildman–Crippen LogP) is 4.92. The summed E-state index contributed by atoms with van der Waals surface area (Å²) in [5.41, 5.74) is 4.90. The number of nitriles is 1. The average Bonchev–Trinajstić information content (AvgIpc) is 3.44. The molecule has 5 heteroatoms. The lowest BCUT2D eigenvalue weighted by Crippen LogP contribution is -2.50. The third-order valence-corrected chi connectivity index (χ3v) is 5.03. The summed E-state index contributed by atoms with van der Waals surface area (Å²) in [5.74, 6) is 0.516. The van der Waals surface area contributed by atoms with Gasteiger partial charge in [-0.15, -0.1) is 0 Å². The van der Waals surface area contributed by atoms with E-state index >= 15 is 0 Å². The van der Waals surface area contributed by atoms with Crippen LogP contribution in [0.4, 0.5) is 10.5 Å². The summed E-state index contributed by atoms with van der Waals surface area (Å²) in [4.78, 5) is 16.3. The van der Waals surface area contributed by atoms with Gasteiger partial charge in [-0.1, -0.05) is 17.7 Å². The van der Waals surface area contributed by atoms with E-state index in [4.69, 9.17) is 4.74 Å². The monoisotopic (exact) mass is 381 g/mol. The highest BCUT2D eigenvalue weighted by Crippen LogP contribution is 2.44. The molecule has 1 saturated carbocycles. The van der Waals surface area contributed by atoms with Crippen LogP contribution in [0.15, 0.2) is 17.7 Å². The molecule has 1 aromatic carbocycles. The molecule has 2 aliphatic rings. The molecule has 1 aliphatic carbocycles. The van der Waals surface area contributed by atoms with Crippen LogP contribution in [0.25, 0.3) is 6.08 Å². The SMILES string of the molecule is CC(C)=Cc1cc(C2CC2)c(C#N)c(N2CCN(C(=O)OC(C)(C)C)CC2)c1. The van der Waals surface area contributed by atoms with Gasteiger partial charge in [-0.2, -0.15) is 5.26 Å². The maximum absolute atomic E-state index is 12.3. The molecule has 1 aliphatic heterocycles. The third-order valence-electron chi connectivity index (χ3n) is 5.03. The molecule has 1 aromatic rings. The molecular formula is C23H31N3O2. The first kappa shape index (κ1) is 20.3. The summed E-state index contributed by atoms with van der Waals surface area (Å²) in [6, 6.07) is 6.77. The summed E-state index contributed by atoms with van der Waals surface area (Å²) in [6.07, 6.45) is 4.25. The normalized spacial score (nSPS) is 17.1. The summed E-state index contributed by atoms with van der Waals surface area (Å²) in [6.45, 7) is 12.4. The van der Waals surface area contributed by atoms with Gasteiger partial charge in [0.15, 0.2) is 0 Å². The largest absolute Gasteiger partial charge is 0.444 e. The van der Waals surface area contributed by atoms with E-state index in [1.165, 1.54) is 24.0 Å². The van der Waals surface area contributed by atoms with Crippen LogP contribution in [-0.2, 0) is 4.74 Å². The lowest BCUT2D eigenvalue weighted by atomic mass is 9.97. The minimum absolute atomic E-state index is 0.260. The van der Waals surface area contributed by atoms with Crippen molar-refractivity contribution in [3.05, 3.63) is 34.4 Å². The zero-order chi connectivity index (χ0) is 20.5. The fraction of sp³-hybridized carbons (Fsp3) is 0.565. The summed E-state index contributed by atoms with van der Waals surface area (Å²) in [7, 11) is 0. The molecule has 2 fully saturated rings. The number of anilines is 1. The molecule has 5 nitrogen and oxygen atoms in total. The van der Waals surface area contributed by atoms with Crippen LogP contribution in [0.1, 0.15) is 70.1 Å². The Morgan fingerprint density at radius 3 is 2.32 bits per heavy atom. The van der Waals surface area contributed by atoms with Crippen molar-refractivity contribution < 1.29 is 9.53 Å². The Hall–Kier alpha value is -2.48. The van der Waals surface area contributed by atoms with Crippen LogP contribution in [0.5, 0.6) is 0 Å². The quantitative estimate of drug-likeness (QED) is 0.746. The lowest BCUT2D eigenvalue weighted by molar-refractivity contribution is 0.0240. The molecule has 1 amide bonds. The first-order valence-corrected chi connectivity index (χ1v) is 10.1. The Bertz CT molecular complexity index is 813. The fourth-order valence-electron chi connectivity index (χ4n) is 3.63. The van der Waals surface area contributed by atoms with E-state index < -0.39 is 5.60 Å². The number of piperazine rings is 1. The minimum atomic E-state index is -0.486. The molecule has 150 valence electrons. The Morgan fingerprint density at radius 1 is 1.18 bits per heavy atom. The Labute approximate surface area is 168 Å². The molecule has 0 N–H and O–H groups in total. The zero-order valence-corrected chi connectivity index (χ0v) is 17.7. The molecule has 1 heterocycles. The molecule has 0 spiro atoms. The van der Waals surface area contributed by atoms with Crippen LogP contribution < -0.4 is 4.90 Å². The Morgan fingerprint density at radius 2 is 1.82 bits per heavy atom. The van der Waals surface area contributed by atoms with E-state index in [1.54, 1.807) is 4.90 Å². The number of hydrogen-bond donors (Lipinski definition) is 0. The van der Waals surface area contributed by atoms with Crippen molar-refractivity contribution in [2.75, 3.05) is 31.1 Å². The van der Waals surface area contributed by atoms with Crippen molar-refractivity contribution >= 4 is 17.9 Å². The van der Waals surface area contributed by atoms with Crippen molar-refractivity contribution in [2.24, 2.45) is 0 Å². The van der Waals surface area contributed by atoms with Gasteiger partial charge in [0.2, 0.25) is 0 Å². The molecule has 0 aromatic heterocycles. The van der Waals surface area contributed by atoms with Crippen molar-refractivity contribution in [3.63, 3.8) is 0 Å². The topological polar surface area (TPSA) is 56.6 Å². The third kappa shape index (κ3) is 4.86. The minimum Gasteiger partial charge on any atom is -0.444 e. The fourth-order valence-corrected chi connectivity index (χ4v) is 3.63. The summed E-state index contributed by atoms with van der Waals surface area (Å²) >= 11 is 0. The van der Waals surface area contributed by atoms with Gasteiger partial charge in [0, 0.05) is 26.2 Å². The average molecular weight is 382 g/mol. The standard InChI is InChI=1S/C23H31N3O2/c1-16(2)12-17-13-19(18-6-7-18)20(15-24)21(14-17)25-8-10-26(11-9-25)22(27)28-23(3,4)5/h12-14,18H,6-11H2,1-5H3. The lowest BCUT2D eigenvalue weighted by Gasteiger charge is -2.37. The highest BCUT2D eigenvalue weighted by molar-refractivity contribution is 5.72. The van der Waals surface area contributed by atoms with Gasteiger partial charge in [-0.05, 0) is 70.6 Å². The molecule has 28 heavy (non-hydrogen) atoms. The van der Waals surface area contributed by atoms with Crippen molar-refractivity contribution in [2.45, 2.75) is 59.0 Å². The molecule has 0 unspecified atom stereocenters. The predicted molar refractivity (Wildman–Crippen MR) is 112 cm³/mol. The van der Waals surface area contributed by atoms with Crippen LogP contribution in [-0.4, -0.2) is 42.8 Å². The maximum Gasteiger partial charge on any atom is 0.410 e. The Balaban J connectivity index is 1.82. The Kier molecular flexibility index (Phi) is 5.69.